The molecule has 14 heavy (non-hydrogen) atoms. The van der Waals surface area contributed by atoms with Crippen LogP contribution in [-0.2, 0) is 0 Å². The van der Waals surface area contributed by atoms with E-state index >= 15 is 0 Å². The van der Waals surface area contributed by atoms with Crippen molar-refractivity contribution in [2.45, 2.75) is 13.0 Å². The van der Waals surface area contributed by atoms with Crippen LogP contribution in [0.25, 0.3) is 0 Å². The van der Waals surface area contributed by atoms with E-state index in [9.17, 15) is 5.11 Å². The zero-order valence-electron chi connectivity index (χ0n) is 8.27. The summed E-state index contributed by atoms with van der Waals surface area (Å²) in [4.78, 5) is 0. The number of nitrogens with zero attached hydrogens (tertiary/aromatic N) is 1. The number of nitriles is 1. The Morgan fingerprint density at radius 2 is 2.07 bits per heavy atom. The Kier molecular flexibility index (Phi) is 3.49. The molecule has 3 nitrogen and oxygen atoms in total. The first kappa shape index (κ1) is 10.6. The van der Waals surface area contributed by atoms with Crippen LogP contribution in [0.5, 0.6) is 5.75 Å². The number of benzene rings is 1. The van der Waals surface area contributed by atoms with Crippen LogP contribution < -0.4 is 4.74 Å². The fourth-order valence-corrected chi connectivity index (χ4v) is 1.25. The van der Waals surface area contributed by atoms with Gasteiger partial charge >= 0.3 is 0 Å². The average molecular weight is 191 g/mol. The predicted octanol–water partition coefficient (Wildman–Crippen LogP) is 1.89. The van der Waals surface area contributed by atoms with Crippen molar-refractivity contribution in [3.8, 4) is 11.8 Å². The second-order valence-corrected chi connectivity index (χ2v) is 3.10. The van der Waals surface area contributed by atoms with Crippen LogP contribution in [0.2, 0.25) is 0 Å². The van der Waals surface area contributed by atoms with E-state index in [0.29, 0.717) is 11.3 Å². The molecule has 0 fully saturated rings. The molecule has 74 valence electrons. The number of aliphatic hydroxyl groups is 1. The second kappa shape index (κ2) is 4.64. The first-order chi connectivity index (χ1) is 6.70. The zero-order valence-corrected chi connectivity index (χ0v) is 8.27. The standard InChI is InChI=1S/C11H13NO2/c1-8(7-12)11(13)9-5-3-4-6-10(9)14-2/h3-6,8,11,13H,1-2H3. The Hall–Kier alpha value is -1.53. The summed E-state index contributed by atoms with van der Waals surface area (Å²) in [7, 11) is 1.54. The molecule has 0 bridgehead atoms. The topological polar surface area (TPSA) is 53.2 Å². The van der Waals surface area contributed by atoms with Crippen molar-refractivity contribution >= 4 is 0 Å². The molecule has 0 spiro atoms. The minimum absolute atomic E-state index is 0.439. The molecule has 0 saturated heterocycles. The van der Waals surface area contributed by atoms with Gasteiger partial charge in [-0.1, -0.05) is 18.2 Å². The number of methoxy groups -OCH3 is 1. The maximum absolute atomic E-state index is 9.80. The highest BCUT2D eigenvalue weighted by molar-refractivity contribution is 5.35. The van der Waals surface area contributed by atoms with Gasteiger partial charge in [-0.2, -0.15) is 5.26 Å². The van der Waals surface area contributed by atoms with Crippen molar-refractivity contribution in [3.63, 3.8) is 0 Å². The van der Waals surface area contributed by atoms with Crippen molar-refractivity contribution in [2.24, 2.45) is 5.92 Å². The third kappa shape index (κ3) is 2.04. The van der Waals surface area contributed by atoms with Crippen LogP contribution in [0.15, 0.2) is 24.3 Å². The summed E-state index contributed by atoms with van der Waals surface area (Å²) in [6, 6.07) is 9.17. The summed E-state index contributed by atoms with van der Waals surface area (Å²) in [6.45, 7) is 1.68. The Morgan fingerprint density at radius 3 is 2.64 bits per heavy atom. The maximum Gasteiger partial charge on any atom is 0.124 e. The monoisotopic (exact) mass is 191 g/mol. The van der Waals surface area contributed by atoms with Gasteiger partial charge in [0.05, 0.1) is 25.2 Å². The number of para-hydroxylation sites is 1. The van der Waals surface area contributed by atoms with Gasteiger partial charge in [0.15, 0.2) is 0 Å². The molecule has 0 amide bonds. The van der Waals surface area contributed by atoms with Gasteiger partial charge in [0.25, 0.3) is 0 Å². The lowest BCUT2D eigenvalue weighted by Crippen LogP contribution is -2.08. The summed E-state index contributed by atoms with van der Waals surface area (Å²) >= 11 is 0. The summed E-state index contributed by atoms with van der Waals surface area (Å²) in [5.74, 6) is 0.174. The van der Waals surface area contributed by atoms with Gasteiger partial charge in [-0.3, -0.25) is 0 Å². The molecular weight excluding hydrogens is 178 g/mol. The van der Waals surface area contributed by atoms with E-state index < -0.39 is 12.0 Å². The van der Waals surface area contributed by atoms with Crippen molar-refractivity contribution in [1.29, 1.82) is 5.26 Å². The molecule has 3 heteroatoms. The number of hydrogen-bond donors (Lipinski definition) is 1. The zero-order chi connectivity index (χ0) is 10.6. The molecule has 2 unspecified atom stereocenters. The van der Waals surface area contributed by atoms with Crippen molar-refractivity contribution in [3.05, 3.63) is 29.8 Å². The van der Waals surface area contributed by atoms with E-state index in [1.54, 1.807) is 26.2 Å². The van der Waals surface area contributed by atoms with Gasteiger partial charge in [0, 0.05) is 5.56 Å². The molecule has 1 rings (SSSR count). The number of aliphatic hydroxyl groups excluding tert-OH is 1. The summed E-state index contributed by atoms with van der Waals surface area (Å²) < 4.78 is 5.09. The molecule has 0 radical (unpaired) electrons. The van der Waals surface area contributed by atoms with Gasteiger partial charge in [-0.15, -0.1) is 0 Å². The highest BCUT2D eigenvalue weighted by Gasteiger charge is 2.18. The lowest BCUT2D eigenvalue weighted by atomic mass is 9.98. The molecule has 1 aromatic rings. The lowest BCUT2D eigenvalue weighted by molar-refractivity contribution is 0.139. The van der Waals surface area contributed by atoms with Gasteiger partial charge in [-0.25, -0.2) is 0 Å². The third-order valence-electron chi connectivity index (χ3n) is 2.13. The SMILES string of the molecule is COc1ccccc1C(O)C(C)C#N. The first-order valence-electron chi connectivity index (χ1n) is 4.41. The van der Waals surface area contributed by atoms with Crippen LogP contribution in [0.3, 0.4) is 0 Å². The molecule has 0 aliphatic rings. The smallest absolute Gasteiger partial charge is 0.124 e. The molecule has 0 aromatic heterocycles. The molecule has 0 aliphatic carbocycles. The fraction of sp³-hybridized carbons (Fsp3) is 0.364. The Morgan fingerprint density at radius 1 is 1.43 bits per heavy atom. The average Bonchev–Trinajstić information content (AvgIpc) is 2.26. The molecule has 1 aromatic carbocycles. The lowest BCUT2D eigenvalue weighted by Gasteiger charge is -2.15. The van der Waals surface area contributed by atoms with Crippen molar-refractivity contribution in [2.75, 3.05) is 7.11 Å². The Balaban J connectivity index is 3.00. The highest BCUT2D eigenvalue weighted by atomic mass is 16.5. The van der Waals surface area contributed by atoms with Gasteiger partial charge < -0.3 is 9.84 Å². The summed E-state index contributed by atoms with van der Waals surface area (Å²) in [6.07, 6.45) is -0.795. The van der Waals surface area contributed by atoms with Crippen LogP contribution >= 0.6 is 0 Å². The minimum atomic E-state index is -0.795. The number of ether oxygens (including phenoxy) is 1. The fourth-order valence-electron chi connectivity index (χ4n) is 1.25. The molecule has 0 aliphatic heterocycles. The van der Waals surface area contributed by atoms with Gasteiger partial charge in [-0.05, 0) is 13.0 Å². The molecule has 2 atom stereocenters. The highest BCUT2D eigenvalue weighted by Crippen LogP contribution is 2.29. The predicted molar refractivity (Wildman–Crippen MR) is 52.7 cm³/mol. The normalized spacial score (nSPS) is 14.1. The van der Waals surface area contributed by atoms with Crippen molar-refractivity contribution in [1.82, 2.24) is 0 Å². The van der Waals surface area contributed by atoms with Crippen LogP contribution in [0.1, 0.15) is 18.6 Å². The van der Waals surface area contributed by atoms with E-state index in [0.717, 1.165) is 0 Å². The summed E-state index contributed by atoms with van der Waals surface area (Å²) in [5, 5.41) is 18.5. The number of hydrogen-bond acceptors (Lipinski definition) is 3. The molecule has 0 saturated carbocycles. The van der Waals surface area contributed by atoms with Crippen LogP contribution in [0, 0.1) is 17.2 Å². The van der Waals surface area contributed by atoms with E-state index in [-0.39, 0.29) is 0 Å². The second-order valence-electron chi connectivity index (χ2n) is 3.10. The van der Waals surface area contributed by atoms with Gasteiger partial charge in [0.1, 0.15) is 5.75 Å². The van der Waals surface area contributed by atoms with Crippen molar-refractivity contribution < 1.29 is 9.84 Å². The third-order valence-corrected chi connectivity index (χ3v) is 2.13. The molecule has 0 heterocycles. The van der Waals surface area contributed by atoms with Crippen LogP contribution in [-0.4, -0.2) is 12.2 Å². The Labute approximate surface area is 83.6 Å². The van der Waals surface area contributed by atoms with E-state index in [1.807, 2.05) is 18.2 Å². The van der Waals surface area contributed by atoms with Crippen LogP contribution in [0.4, 0.5) is 0 Å². The van der Waals surface area contributed by atoms with E-state index in [2.05, 4.69) is 0 Å². The number of rotatable bonds is 3. The summed E-state index contributed by atoms with van der Waals surface area (Å²) in [5.41, 5.74) is 0.657. The first-order valence-corrected chi connectivity index (χ1v) is 4.41. The van der Waals surface area contributed by atoms with E-state index in [4.69, 9.17) is 10.00 Å². The molecule has 1 N–H and O–H groups in total. The van der Waals surface area contributed by atoms with Gasteiger partial charge in [0.2, 0.25) is 0 Å². The molecular formula is C11H13NO2. The minimum Gasteiger partial charge on any atom is -0.496 e. The quantitative estimate of drug-likeness (QED) is 0.793. The largest absolute Gasteiger partial charge is 0.496 e. The van der Waals surface area contributed by atoms with E-state index in [1.165, 1.54) is 0 Å². The Bertz CT molecular complexity index is 343. The maximum atomic E-state index is 9.80.